The third kappa shape index (κ3) is 3.08. The van der Waals surface area contributed by atoms with Gasteiger partial charge in [-0.25, -0.2) is 8.42 Å². The zero-order valence-corrected chi connectivity index (χ0v) is 10.3. The topological polar surface area (TPSA) is 72.2 Å². The number of hydrogen-bond donors (Lipinski definition) is 2. The number of allylic oxidation sites excluding steroid dienone is 1. The maximum absolute atomic E-state index is 11.5. The van der Waals surface area contributed by atoms with Gasteiger partial charge in [-0.05, 0) is 27.7 Å². The molecule has 0 saturated carbocycles. The summed E-state index contributed by atoms with van der Waals surface area (Å²) < 4.78 is 22.1. The smallest absolute Gasteiger partial charge is 0.154 e. The average Bonchev–Trinajstić information content (AvgIpc) is 1.97. The van der Waals surface area contributed by atoms with Gasteiger partial charge in [0.25, 0.3) is 0 Å². The molecule has 5 heteroatoms. The Hall–Kier alpha value is -0.390. The first-order valence-electron chi connectivity index (χ1n) is 4.43. The Balaban J connectivity index is 5.15. The highest BCUT2D eigenvalue weighted by atomic mass is 32.2. The maximum atomic E-state index is 11.5. The molecule has 0 aliphatic rings. The summed E-state index contributed by atoms with van der Waals surface area (Å²) in [6.07, 6.45) is 3.04. The van der Waals surface area contributed by atoms with Gasteiger partial charge in [-0.15, -0.1) is 0 Å². The second-order valence-corrected chi connectivity index (χ2v) is 6.86. The highest BCUT2D eigenvalue weighted by Gasteiger charge is 2.37. The van der Waals surface area contributed by atoms with E-state index in [4.69, 9.17) is 5.84 Å². The molecule has 0 aromatic heterocycles. The van der Waals surface area contributed by atoms with E-state index in [0.717, 1.165) is 5.57 Å². The second-order valence-electron chi connectivity index (χ2n) is 4.26. The summed E-state index contributed by atoms with van der Waals surface area (Å²) in [5, 5.41) is 0. The first-order chi connectivity index (χ1) is 6.13. The first kappa shape index (κ1) is 13.6. The molecule has 3 N–H and O–H groups in total. The Morgan fingerprint density at radius 2 is 1.86 bits per heavy atom. The lowest BCUT2D eigenvalue weighted by atomic mass is 10.0. The third-order valence-corrected chi connectivity index (χ3v) is 4.55. The Morgan fingerprint density at radius 3 is 2.07 bits per heavy atom. The van der Waals surface area contributed by atoms with E-state index >= 15 is 0 Å². The fourth-order valence-corrected chi connectivity index (χ4v) is 1.61. The van der Waals surface area contributed by atoms with E-state index in [1.807, 2.05) is 19.9 Å². The Kier molecular flexibility index (Phi) is 4.30. The third-order valence-electron chi connectivity index (χ3n) is 2.38. The Labute approximate surface area is 86.5 Å². The number of nitrogens with two attached hydrogens (primary N) is 1. The number of nitrogens with one attached hydrogen (secondary N) is 1. The molecule has 0 bridgehead atoms. The van der Waals surface area contributed by atoms with Gasteiger partial charge in [0.05, 0.1) is 10.8 Å². The highest BCUT2D eigenvalue weighted by molar-refractivity contribution is 7.92. The summed E-state index contributed by atoms with van der Waals surface area (Å²) in [6, 6.07) is -0.373. The lowest BCUT2D eigenvalue weighted by Gasteiger charge is -2.30. The van der Waals surface area contributed by atoms with Crippen LogP contribution in [-0.2, 0) is 9.84 Å². The predicted molar refractivity (Wildman–Crippen MR) is 59.5 cm³/mol. The molecule has 84 valence electrons. The minimum atomic E-state index is -3.15. The maximum Gasteiger partial charge on any atom is 0.154 e. The Morgan fingerprint density at radius 1 is 1.43 bits per heavy atom. The molecule has 14 heavy (non-hydrogen) atoms. The molecule has 0 aliphatic heterocycles. The van der Waals surface area contributed by atoms with Gasteiger partial charge in [0.2, 0.25) is 0 Å². The van der Waals surface area contributed by atoms with Crippen molar-refractivity contribution >= 4 is 9.84 Å². The molecule has 0 saturated heterocycles. The van der Waals surface area contributed by atoms with Crippen LogP contribution in [0.2, 0.25) is 0 Å². The number of hydrogen-bond acceptors (Lipinski definition) is 4. The number of rotatable bonds is 4. The summed E-state index contributed by atoms with van der Waals surface area (Å²) in [6.45, 7) is 7.13. The van der Waals surface area contributed by atoms with Gasteiger partial charge in [-0.2, -0.15) is 0 Å². The van der Waals surface area contributed by atoms with E-state index in [0.29, 0.717) is 0 Å². The van der Waals surface area contributed by atoms with E-state index in [1.165, 1.54) is 6.26 Å². The van der Waals surface area contributed by atoms with Crippen LogP contribution in [0.3, 0.4) is 0 Å². The zero-order valence-electron chi connectivity index (χ0n) is 9.46. The van der Waals surface area contributed by atoms with Crippen LogP contribution in [0, 0.1) is 0 Å². The van der Waals surface area contributed by atoms with Crippen molar-refractivity contribution in [1.82, 2.24) is 5.43 Å². The van der Waals surface area contributed by atoms with Crippen molar-refractivity contribution in [1.29, 1.82) is 0 Å². The second kappa shape index (κ2) is 4.42. The van der Waals surface area contributed by atoms with E-state index < -0.39 is 14.6 Å². The van der Waals surface area contributed by atoms with Crippen molar-refractivity contribution in [2.24, 2.45) is 5.84 Å². The highest BCUT2D eigenvalue weighted by Crippen LogP contribution is 2.21. The minimum absolute atomic E-state index is 0.373. The van der Waals surface area contributed by atoms with Crippen LogP contribution in [-0.4, -0.2) is 25.5 Å². The summed E-state index contributed by atoms with van der Waals surface area (Å²) in [5.74, 6) is 5.34. The molecule has 0 aromatic rings. The van der Waals surface area contributed by atoms with Crippen LogP contribution >= 0.6 is 0 Å². The molecule has 0 aromatic carbocycles. The average molecular weight is 220 g/mol. The van der Waals surface area contributed by atoms with Crippen molar-refractivity contribution in [2.45, 2.75) is 38.5 Å². The van der Waals surface area contributed by atoms with E-state index in [2.05, 4.69) is 5.43 Å². The minimum Gasteiger partial charge on any atom is -0.271 e. The summed E-state index contributed by atoms with van der Waals surface area (Å²) in [7, 11) is -3.15. The quantitative estimate of drug-likeness (QED) is 0.413. The van der Waals surface area contributed by atoms with E-state index in [1.54, 1.807) is 13.8 Å². The Bertz CT molecular complexity index is 314. The van der Waals surface area contributed by atoms with Crippen molar-refractivity contribution in [3.63, 3.8) is 0 Å². The van der Waals surface area contributed by atoms with Crippen molar-refractivity contribution in [3.05, 3.63) is 11.6 Å². The normalized spacial score (nSPS) is 15.0. The van der Waals surface area contributed by atoms with Crippen molar-refractivity contribution in [3.8, 4) is 0 Å². The van der Waals surface area contributed by atoms with Crippen LogP contribution in [0.15, 0.2) is 11.6 Å². The molecular weight excluding hydrogens is 200 g/mol. The van der Waals surface area contributed by atoms with Crippen LogP contribution in [0.5, 0.6) is 0 Å². The van der Waals surface area contributed by atoms with E-state index in [9.17, 15) is 8.42 Å². The monoisotopic (exact) mass is 220 g/mol. The molecule has 0 aliphatic carbocycles. The molecule has 0 spiro atoms. The largest absolute Gasteiger partial charge is 0.271 e. The molecule has 0 heterocycles. The molecule has 0 amide bonds. The molecule has 0 fully saturated rings. The standard InChI is InChI=1S/C9H20N2O2S/c1-7(2)6-8(11-10)9(3,4)14(5,12)13/h6,8,11H,10H2,1-5H3. The van der Waals surface area contributed by atoms with Crippen LogP contribution < -0.4 is 11.3 Å². The molecular formula is C9H20N2O2S. The molecule has 1 unspecified atom stereocenters. The summed E-state index contributed by atoms with van der Waals surface area (Å²) in [5.41, 5.74) is 3.56. The lowest BCUT2D eigenvalue weighted by Crippen LogP contribution is -2.52. The van der Waals surface area contributed by atoms with Gasteiger partial charge in [-0.3, -0.25) is 11.3 Å². The van der Waals surface area contributed by atoms with E-state index in [-0.39, 0.29) is 6.04 Å². The fourth-order valence-electron chi connectivity index (χ4n) is 1.01. The van der Waals surface area contributed by atoms with Gasteiger partial charge >= 0.3 is 0 Å². The van der Waals surface area contributed by atoms with Gasteiger partial charge in [0.1, 0.15) is 0 Å². The summed E-state index contributed by atoms with van der Waals surface area (Å²) in [4.78, 5) is 0. The number of sulfone groups is 1. The first-order valence-corrected chi connectivity index (χ1v) is 6.33. The number of hydrazine groups is 1. The molecule has 0 radical (unpaired) electrons. The van der Waals surface area contributed by atoms with Crippen LogP contribution in [0.25, 0.3) is 0 Å². The SMILES string of the molecule is CC(C)=CC(NN)C(C)(C)S(C)(=O)=O. The van der Waals surface area contributed by atoms with Gasteiger partial charge in [0.15, 0.2) is 9.84 Å². The molecule has 4 nitrogen and oxygen atoms in total. The summed E-state index contributed by atoms with van der Waals surface area (Å²) >= 11 is 0. The van der Waals surface area contributed by atoms with Crippen molar-refractivity contribution < 1.29 is 8.42 Å². The molecule has 1 atom stereocenters. The van der Waals surface area contributed by atoms with Crippen molar-refractivity contribution in [2.75, 3.05) is 6.26 Å². The van der Waals surface area contributed by atoms with Gasteiger partial charge < -0.3 is 0 Å². The van der Waals surface area contributed by atoms with Crippen LogP contribution in [0.1, 0.15) is 27.7 Å². The molecule has 0 rings (SSSR count). The fraction of sp³-hybridized carbons (Fsp3) is 0.778. The van der Waals surface area contributed by atoms with Gasteiger partial charge in [-0.1, -0.05) is 11.6 Å². The lowest BCUT2D eigenvalue weighted by molar-refractivity contribution is 0.470. The van der Waals surface area contributed by atoms with Crippen LogP contribution in [0.4, 0.5) is 0 Å². The predicted octanol–water partition coefficient (Wildman–Crippen LogP) is 0.608. The zero-order chi connectivity index (χ0) is 11.6. The van der Waals surface area contributed by atoms with Gasteiger partial charge in [0, 0.05) is 6.26 Å².